The Morgan fingerprint density at radius 1 is 1.32 bits per heavy atom. The molecule has 0 aliphatic carbocycles. The summed E-state index contributed by atoms with van der Waals surface area (Å²) in [5, 5.41) is 0.813. The van der Waals surface area contributed by atoms with Crippen LogP contribution in [0.3, 0.4) is 0 Å². The van der Waals surface area contributed by atoms with E-state index in [0.717, 1.165) is 18.2 Å². The quantitative estimate of drug-likeness (QED) is 0.752. The van der Waals surface area contributed by atoms with Crippen LogP contribution >= 0.6 is 23.5 Å². The van der Waals surface area contributed by atoms with E-state index in [9.17, 15) is 0 Å². The second kappa shape index (κ2) is 7.60. The van der Waals surface area contributed by atoms with Crippen LogP contribution in [0.1, 0.15) is 31.7 Å². The molecule has 0 N–H and O–H groups in total. The highest BCUT2D eigenvalue weighted by Crippen LogP contribution is 2.51. The Balaban J connectivity index is 1.74. The number of benzene rings is 1. The molecule has 2 heterocycles. The van der Waals surface area contributed by atoms with Crippen molar-refractivity contribution in [2.24, 2.45) is 0 Å². The molecule has 0 spiro atoms. The minimum Gasteiger partial charge on any atom is -0.337 e. The summed E-state index contributed by atoms with van der Waals surface area (Å²) >= 11 is 4.40. The molecule has 118 valence electrons. The van der Waals surface area contributed by atoms with Crippen LogP contribution in [0.5, 0.6) is 0 Å². The van der Waals surface area contributed by atoms with E-state index in [4.69, 9.17) is 0 Å². The van der Waals surface area contributed by atoms with Gasteiger partial charge in [-0.1, -0.05) is 37.3 Å². The topological polar surface area (TPSA) is 17.8 Å². The number of thioether (sulfide) groups is 2. The van der Waals surface area contributed by atoms with Gasteiger partial charge in [-0.05, 0) is 37.0 Å². The zero-order chi connectivity index (χ0) is 15.3. The summed E-state index contributed by atoms with van der Waals surface area (Å²) in [5.41, 5.74) is 1.46. The third-order valence-electron chi connectivity index (χ3n) is 4.27. The van der Waals surface area contributed by atoms with Crippen LogP contribution in [-0.2, 0) is 13.0 Å². The lowest BCUT2D eigenvalue weighted by atomic mass is 10.1. The number of rotatable bonds is 6. The lowest BCUT2D eigenvalue weighted by Gasteiger charge is -2.40. The van der Waals surface area contributed by atoms with E-state index in [1.807, 2.05) is 12.5 Å². The molecule has 0 amide bonds. The summed E-state index contributed by atoms with van der Waals surface area (Å²) in [6, 6.07) is 11.0. The number of imidazole rings is 1. The Kier molecular flexibility index (Phi) is 5.53. The molecular formula is C18H24N2S2. The second-order valence-electron chi connectivity index (χ2n) is 5.91. The van der Waals surface area contributed by atoms with E-state index in [1.165, 1.54) is 30.6 Å². The first-order valence-electron chi connectivity index (χ1n) is 8.11. The molecule has 2 unspecified atom stereocenters. The molecule has 4 heteroatoms. The zero-order valence-corrected chi connectivity index (χ0v) is 14.8. The molecule has 2 atom stereocenters. The SMILES string of the molecule is CCC1CCSC(CCn2ccnc2)(Cc2ccccc2)S1. The van der Waals surface area contributed by atoms with Gasteiger partial charge >= 0.3 is 0 Å². The van der Waals surface area contributed by atoms with Gasteiger partial charge in [0.05, 0.1) is 10.4 Å². The van der Waals surface area contributed by atoms with Crippen molar-refractivity contribution >= 4 is 23.5 Å². The molecule has 0 radical (unpaired) electrons. The van der Waals surface area contributed by atoms with Gasteiger partial charge in [0.2, 0.25) is 0 Å². The molecule has 1 fully saturated rings. The van der Waals surface area contributed by atoms with Crippen LogP contribution in [-0.4, -0.2) is 24.6 Å². The van der Waals surface area contributed by atoms with Gasteiger partial charge in [0.25, 0.3) is 0 Å². The smallest absolute Gasteiger partial charge is 0.0945 e. The number of nitrogens with zero attached hydrogens (tertiary/aromatic N) is 2. The Morgan fingerprint density at radius 3 is 2.91 bits per heavy atom. The van der Waals surface area contributed by atoms with Gasteiger partial charge in [-0.3, -0.25) is 0 Å². The van der Waals surface area contributed by atoms with Crippen LogP contribution in [0.25, 0.3) is 0 Å². The molecule has 1 aromatic heterocycles. The summed E-state index contributed by atoms with van der Waals surface area (Å²) in [4.78, 5) is 4.17. The van der Waals surface area contributed by atoms with Crippen LogP contribution < -0.4 is 0 Å². The van der Waals surface area contributed by atoms with Crippen molar-refractivity contribution in [1.82, 2.24) is 9.55 Å². The Morgan fingerprint density at radius 2 is 2.18 bits per heavy atom. The van der Waals surface area contributed by atoms with E-state index in [1.54, 1.807) is 0 Å². The molecule has 1 aliphatic rings. The van der Waals surface area contributed by atoms with Gasteiger partial charge in [-0.25, -0.2) is 4.98 Å². The maximum Gasteiger partial charge on any atom is 0.0945 e. The normalized spacial score (nSPS) is 25.2. The maximum absolute atomic E-state index is 4.17. The minimum atomic E-state index is 0.310. The van der Waals surface area contributed by atoms with E-state index in [-0.39, 0.29) is 0 Å². The van der Waals surface area contributed by atoms with Crippen molar-refractivity contribution in [3.8, 4) is 0 Å². The third kappa shape index (κ3) is 4.11. The van der Waals surface area contributed by atoms with Gasteiger partial charge in [-0.2, -0.15) is 0 Å². The number of hydrogen-bond donors (Lipinski definition) is 0. The van der Waals surface area contributed by atoms with Gasteiger partial charge in [0, 0.05) is 24.2 Å². The number of hydrogen-bond acceptors (Lipinski definition) is 3. The van der Waals surface area contributed by atoms with Crippen molar-refractivity contribution in [3.05, 3.63) is 54.6 Å². The molecular weight excluding hydrogens is 308 g/mol. The van der Waals surface area contributed by atoms with Crippen molar-refractivity contribution < 1.29 is 0 Å². The van der Waals surface area contributed by atoms with Crippen molar-refractivity contribution in [1.29, 1.82) is 0 Å². The number of aryl methyl sites for hydroxylation is 1. The van der Waals surface area contributed by atoms with Crippen LogP contribution in [0.4, 0.5) is 0 Å². The van der Waals surface area contributed by atoms with Crippen LogP contribution in [0, 0.1) is 0 Å². The average Bonchev–Trinajstić information content (AvgIpc) is 3.08. The van der Waals surface area contributed by atoms with E-state index in [2.05, 4.69) is 76.5 Å². The largest absolute Gasteiger partial charge is 0.337 e. The van der Waals surface area contributed by atoms with Crippen molar-refractivity contribution in [3.63, 3.8) is 0 Å². The van der Waals surface area contributed by atoms with Gasteiger partial charge < -0.3 is 4.57 Å². The summed E-state index contributed by atoms with van der Waals surface area (Å²) in [6.07, 6.45) is 10.9. The molecule has 0 saturated carbocycles. The fourth-order valence-corrected chi connectivity index (χ4v) is 6.83. The van der Waals surface area contributed by atoms with E-state index < -0.39 is 0 Å². The molecule has 1 aliphatic heterocycles. The zero-order valence-electron chi connectivity index (χ0n) is 13.1. The number of aromatic nitrogens is 2. The summed E-state index contributed by atoms with van der Waals surface area (Å²) in [7, 11) is 0. The lowest BCUT2D eigenvalue weighted by molar-refractivity contribution is 0.586. The molecule has 0 bridgehead atoms. The molecule has 2 aromatic rings. The molecule has 3 rings (SSSR count). The summed E-state index contributed by atoms with van der Waals surface area (Å²) in [5.74, 6) is 1.29. The monoisotopic (exact) mass is 332 g/mol. The standard InChI is InChI=1S/C18H24N2S2/c1-2-17-8-13-21-18(22-17,9-11-20-12-10-19-15-20)14-16-6-4-3-5-7-16/h3-7,10,12,15,17H,2,8-9,11,13-14H2,1H3. The van der Waals surface area contributed by atoms with Crippen molar-refractivity contribution in [2.75, 3.05) is 5.75 Å². The molecule has 2 nitrogen and oxygen atoms in total. The highest BCUT2D eigenvalue weighted by Gasteiger charge is 2.37. The predicted octanol–water partition coefficient (Wildman–Crippen LogP) is 4.86. The highest BCUT2D eigenvalue weighted by molar-refractivity contribution is 8.19. The highest BCUT2D eigenvalue weighted by atomic mass is 32.2. The minimum absolute atomic E-state index is 0.310. The van der Waals surface area contributed by atoms with Gasteiger partial charge in [0.1, 0.15) is 0 Å². The fraction of sp³-hybridized carbons (Fsp3) is 0.500. The first kappa shape index (κ1) is 16.0. The maximum atomic E-state index is 4.17. The molecule has 1 saturated heterocycles. The first-order chi connectivity index (χ1) is 10.8. The summed E-state index contributed by atoms with van der Waals surface area (Å²) < 4.78 is 2.52. The van der Waals surface area contributed by atoms with Crippen LogP contribution in [0.2, 0.25) is 0 Å². The van der Waals surface area contributed by atoms with Gasteiger partial charge in [0.15, 0.2) is 0 Å². The lowest BCUT2D eigenvalue weighted by Crippen LogP contribution is -2.32. The fourth-order valence-electron chi connectivity index (χ4n) is 3.00. The second-order valence-corrected chi connectivity index (χ2v) is 9.33. The van der Waals surface area contributed by atoms with E-state index >= 15 is 0 Å². The summed E-state index contributed by atoms with van der Waals surface area (Å²) in [6.45, 7) is 3.39. The molecule has 1 aromatic carbocycles. The Bertz CT molecular complexity index is 556. The Labute approximate surface area is 142 Å². The third-order valence-corrected chi connectivity index (χ3v) is 7.91. The predicted molar refractivity (Wildman–Crippen MR) is 98.5 cm³/mol. The Hall–Kier alpha value is -0.870. The van der Waals surface area contributed by atoms with Crippen LogP contribution in [0.15, 0.2) is 49.1 Å². The van der Waals surface area contributed by atoms with Crippen molar-refractivity contribution in [2.45, 2.75) is 48.5 Å². The molecule has 22 heavy (non-hydrogen) atoms. The average molecular weight is 333 g/mol. The first-order valence-corrected chi connectivity index (χ1v) is 9.98. The van der Waals surface area contributed by atoms with E-state index in [0.29, 0.717) is 4.08 Å². The van der Waals surface area contributed by atoms with Gasteiger partial charge in [-0.15, -0.1) is 23.5 Å².